The second-order valence-corrected chi connectivity index (χ2v) is 6.67. The number of hydrogen-bond donors (Lipinski definition) is 2. The molecule has 1 aliphatic heterocycles. The van der Waals surface area contributed by atoms with Gasteiger partial charge in [-0.25, -0.2) is 13.4 Å². The zero-order valence-electron chi connectivity index (χ0n) is 9.80. The van der Waals surface area contributed by atoms with Crippen molar-refractivity contribution in [2.75, 3.05) is 17.2 Å². The van der Waals surface area contributed by atoms with E-state index in [-0.39, 0.29) is 23.5 Å². The number of nitrogens with two attached hydrogens (primary N) is 1. The predicted molar refractivity (Wildman–Crippen MR) is 67.8 cm³/mol. The standard InChI is InChI=1S/C11H15N3O3S/c12-10-2-1-8(7-13-10)11(15)14-9-3-5-18(16,17)6-4-9/h1-2,7,9H,3-6H2,(H2,12,13)(H,14,15). The molecule has 18 heavy (non-hydrogen) atoms. The second-order valence-electron chi connectivity index (χ2n) is 4.37. The number of nitrogens with one attached hydrogen (secondary N) is 1. The molecule has 1 aromatic rings. The molecule has 1 aromatic heterocycles. The van der Waals surface area contributed by atoms with E-state index in [0.717, 1.165) is 0 Å². The van der Waals surface area contributed by atoms with Gasteiger partial charge in [0, 0.05) is 12.2 Å². The maximum Gasteiger partial charge on any atom is 0.253 e. The Hall–Kier alpha value is -1.63. The molecule has 2 rings (SSSR count). The molecule has 0 spiro atoms. The first-order valence-electron chi connectivity index (χ1n) is 5.69. The molecule has 2 heterocycles. The van der Waals surface area contributed by atoms with E-state index in [1.165, 1.54) is 6.20 Å². The van der Waals surface area contributed by atoms with Gasteiger partial charge in [0.15, 0.2) is 0 Å². The zero-order valence-corrected chi connectivity index (χ0v) is 10.6. The van der Waals surface area contributed by atoms with Crippen LogP contribution in [0.2, 0.25) is 0 Å². The van der Waals surface area contributed by atoms with Crippen LogP contribution in [0.3, 0.4) is 0 Å². The van der Waals surface area contributed by atoms with Gasteiger partial charge in [-0.1, -0.05) is 0 Å². The van der Waals surface area contributed by atoms with E-state index in [4.69, 9.17) is 5.73 Å². The van der Waals surface area contributed by atoms with Gasteiger partial charge >= 0.3 is 0 Å². The fourth-order valence-electron chi connectivity index (χ4n) is 1.84. The minimum atomic E-state index is -2.90. The molecule has 6 nitrogen and oxygen atoms in total. The van der Waals surface area contributed by atoms with Crippen LogP contribution >= 0.6 is 0 Å². The first kappa shape index (κ1) is 12.8. The van der Waals surface area contributed by atoms with Crippen molar-refractivity contribution in [3.63, 3.8) is 0 Å². The van der Waals surface area contributed by atoms with Gasteiger partial charge < -0.3 is 11.1 Å². The Morgan fingerprint density at radius 1 is 1.33 bits per heavy atom. The number of rotatable bonds is 2. The molecule has 0 aliphatic carbocycles. The van der Waals surface area contributed by atoms with Crippen LogP contribution in [0.15, 0.2) is 18.3 Å². The van der Waals surface area contributed by atoms with Crippen LogP contribution in [0, 0.1) is 0 Å². The maximum atomic E-state index is 11.8. The highest BCUT2D eigenvalue weighted by atomic mass is 32.2. The summed E-state index contributed by atoms with van der Waals surface area (Å²) in [6.45, 7) is 0. The number of aromatic nitrogens is 1. The van der Waals surface area contributed by atoms with Gasteiger partial charge in [-0.3, -0.25) is 4.79 Å². The fourth-order valence-corrected chi connectivity index (χ4v) is 3.33. The summed E-state index contributed by atoms with van der Waals surface area (Å²) in [4.78, 5) is 15.7. The van der Waals surface area contributed by atoms with Crippen molar-refractivity contribution in [1.29, 1.82) is 0 Å². The minimum Gasteiger partial charge on any atom is -0.384 e. The van der Waals surface area contributed by atoms with Gasteiger partial charge in [-0.2, -0.15) is 0 Å². The highest BCUT2D eigenvalue weighted by molar-refractivity contribution is 7.91. The average Bonchev–Trinajstić information content (AvgIpc) is 2.33. The molecule has 0 radical (unpaired) electrons. The predicted octanol–water partition coefficient (Wildman–Crippen LogP) is -0.0292. The largest absolute Gasteiger partial charge is 0.384 e. The number of pyridine rings is 1. The van der Waals surface area contributed by atoms with Gasteiger partial charge in [-0.05, 0) is 25.0 Å². The van der Waals surface area contributed by atoms with Gasteiger partial charge in [0.2, 0.25) is 0 Å². The lowest BCUT2D eigenvalue weighted by atomic mass is 10.1. The number of carbonyl (C=O) groups excluding carboxylic acids is 1. The summed E-state index contributed by atoms with van der Waals surface area (Å²) < 4.78 is 22.5. The average molecular weight is 269 g/mol. The van der Waals surface area contributed by atoms with Gasteiger partial charge in [0.25, 0.3) is 5.91 Å². The molecular weight excluding hydrogens is 254 g/mol. The molecule has 0 bridgehead atoms. The Kier molecular flexibility index (Phi) is 3.51. The third kappa shape index (κ3) is 3.19. The van der Waals surface area contributed by atoms with Gasteiger partial charge in [0.05, 0.1) is 17.1 Å². The maximum absolute atomic E-state index is 11.8. The Labute approximate surface area is 106 Å². The van der Waals surface area contributed by atoms with Crippen LogP contribution in [-0.4, -0.2) is 36.9 Å². The van der Waals surface area contributed by atoms with Crippen LogP contribution in [-0.2, 0) is 9.84 Å². The Balaban J connectivity index is 1.94. The molecule has 1 aliphatic rings. The summed E-state index contributed by atoms with van der Waals surface area (Å²) in [5.74, 6) is 0.387. The van der Waals surface area contributed by atoms with Gasteiger partial charge in [0.1, 0.15) is 15.7 Å². The summed E-state index contributed by atoms with van der Waals surface area (Å²) in [6.07, 6.45) is 2.34. The minimum absolute atomic E-state index is 0.0846. The number of amides is 1. The van der Waals surface area contributed by atoms with E-state index in [9.17, 15) is 13.2 Å². The lowest BCUT2D eigenvalue weighted by molar-refractivity contribution is 0.0934. The Bertz CT molecular complexity index is 525. The molecule has 1 saturated heterocycles. The summed E-state index contributed by atoms with van der Waals surface area (Å²) in [5.41, 5.74) is 5.86. The van der Waals surface area contributed by atoms with E-state index < -0.39 is 9.84 Å². The molecule has 0 atom stereocenters. The SMILES string of the molecule is Nc1ccc(C(=O)NC2CCS(=O)(=O)CC2)cn1. The smallest absolute Gasteiger partial charge is 0.253 e. The lowest BCUT2D eigenvalue weighted by Crippen LogP contribution is -2.40. The van der Waals surface area contributed by atoms with Crippen molar-refractivity contribution >= 4 is 21.6 Å². The molecule has 98 valence electrons. The van der Waals surface area contributed by atoms with Crippen molar-refractivity contribution in [2.24, 2.45) is 0 Å². The van der Waals surface area contributed by atoms with Crippen molar-refractivity contribution in [3.05, 3.63) is 23.9 Å². The van der Waals surface area contributed by atoms with Crippen LogP contribution in [0.5, 0.6) is 0 Å². The van der Waals surface area contributed by atoms with E-state index in [1.54, 1.807) is 12.1 Å². The first-order chi connectivity index (χ1) is 8.46. The third-order valence-corrected chi connectivity index (χ3v) is 4.65. The topological polar surface area (TPSA) is 102 Å². The third-order valence-electron chi connectivity index (χ3n) is 2.94. The molecule has 0 saturated carbocycles. The number of anilines is 1. The van der Waals surface area contributed by atoms with Crippen LogP contribution in [0.4, 0.5) is 5.82 Å². The van der Waals surface area contributed by atoms with Gasteiger partial charge in [-0.15, -0.1) is 0 Å². The van der Waals surface area contributed by atoms with Crippen molar-refractivity contribution < 1.29 is 13.2 Å². The number of nitrogens with zero attached hydrogens (tertiary/aromatic N) is 1. The molecule has 1 fully saturated rings. The highest BCUT2D eigenvalue weighted by Gasteiger charge is 2.24. The van der Waals surface area contributed by atoms with Crippen molar-refractivity contribution in [3.8, 4) is 0 Å². The van der Waals surface area contributed by atoms with E-state index in [0.29, 0.717) is 24.2 Å². The second kappa shape index (κ2) is 4.93. The number of hydrogen-bond acceptors (Lipinski definition) is 5. The van der Waals surface area contributed by atoms with Crippen LogP contribution < -0.4 is 11.1 Å². The van der Waals surface area contributed by atoms with Crippen molar-refractivity contribution in [2.45, 2.75) is 18.9 Å². The lowest BCUT2D eigenvalue weighted by Gasteiger charge is -2.22. The summed E-state index contributed by atoms with van der Waals surface area (Å²) in [6, 6.07) is 3.07. The Morgan fingerprint density at radius 3 is 2.56 bits per heavy atom. The zero-order chi connectivity index (χ0) is 13.2. The van der Waals surface area contributed by atoms with E-state index >= 15 is 0 Å². The molecule has 7 heteroatoms. The normalized spacial score (nSPS) is 19.3. The summed E-state index contributed by atoms with van der Waals surface area (Å²) >= 11 is 0. The monoisotopic (exact) mass is 269 g/mol. The molecular formula is C11H15N3O3S. The van der Waals surface area contributed by atoms with Crippen LogP contribution in [0.1, 0.15) is 23.2 Å². The molecule has 0 aromatic carbocycles. The molecule has 0 unspecified atom stereocenters. The first-order valence-corrected chi connectivity index (χ1v) is 7.51. The molecule has 3 N–H and O–H groups in total. The van der Waals surface area contributed by atoms with E-state index in [2.05, 4.69) is 10.3 Å². The summed E-state index contributed by atoms with van der Waals surface area (Å²) in [7, 11) is -2.90. The number of nitrogen functional groups attached to an aromatic ring is 1. The highest BCUT2D eigenvalue weighted by Crippen LogP contribution is 2.13. The quantitative estimate of drug-likeness (QED) is 0.785. The number of carbonyl (C=O) groups is 1. The van der Waals surface area contributed by atoms with Crippen LogP contribution in [0.25, 0.3) is 0 Å². The van der Waals surface area contributed by atoms with Crippen molar-refractivity contribution in [1.82, 2.24) is 10.3 Å². The summed E-state index contributed by atoms with van der Waals surface area (Å²) in [5, 5.41) is 2.81. The Morgan fingerprint density at radius 2 is 2.00 bits per heavy atom. The number of sulfone groups is 1. The fraction of sp³-hybridized carbons (Fsp3) is 0.455. The van der Waals surface area contributed by atoms with E-state index in [1.807, 2.05) is 0 Å². The molecule has 1 amide bonds.